The third-order valence-corrected chi connectivity index (χ3v) is 2.82. The molecule has 0 saturated carbocycles. The molecule has 0 spiro atoms. The third-order valence-electron chi connectivity index (χ3n) is 1.33. The topological polar surface area (TPSA) is 51.2 Å². The van der Waals surface area contributed by atoms with Gasteiger partial charge in [-0.2, -0.15) is 4.98 Å². The Bertz CT molecular complexity index is 344. The molecule has 0 aromatic carbocycles. The van der Waals surface area contributed by atoms with Crippen molar-refractivity contribution in [2.45, 2.75) is 31.3 Å². The summed E-state index contributed by atoms with van der Waals surface area (Å²) in [4.78, 5) is 15.4. The van der Waals surface area contributed by atoms with Crippen LogP contribution < -0.4 is 10.1 Å². The summed E-state index contributed by atoms with van der Waals surface area (Å²) in [5.74, 6) is 0. The molecule has 0 saturated heterocycles. The normalized spacial score (nSPS) is 11.2. The number of nitrogens with one attached hydrogen (secondary N) is 1. The van der Waals surface area contributed by atoms with Gasteiger partial charge in [-0.3, -0.25) is 0 Å². The Balaban J connectivity index is 2.51. The van der Waals surface area contributed by atoms with Gasteiger partial charge in [0.15, 0.2) is 0 Å². The maximum Gasteiger partial charge on any atom is 0.414 e. The highest BCUT2D eigenvalue weighted by molar-refractivity contribution is 7.98. The predicted octanol–water partition coefficient (Wildman–Crippen LogP) is 2.75. The van der Waals surface area contributed by atoms with Crippen LogP contribution in [0, 0.1) is 0 Å². The van der Waals surface area contributed by atoms with Gasteiger partial charge in [-0.15, -0.1) is 11.8 Å². The molecule has 0 radical (unpaired) electrons. The largest absolute Gasteiger partial charge is 0.414 e. The van der Waals surface area contributed by atoms with E-state index in [0.717, 1.165) is 5.03 Å². The highest BCUT2D eigenvalue weighted by Crippen LogP contribution is 2.23. The smallest absolute Gasteiger partial charge is 0.381 e. The maximum absolute atomic E-state index is 11.4. The number of rotatable bonds is 2. The molecule has 4 nitrogen and oxygen atoms in total. The molecule has 0 bridgehead atoms. The summed E-state index contributed by atoms with van der Waals surface area (Å²) in [5.41, 5.74) is -0.295. The van der Waals surface area contributed by atoms with E-state index in [1.165, 1.54) is 23.1 Å². The number of carbonyl (C=O) groups is 1. The molecule has 6 heteroatoms. The van der Waals surface area contributed by atoms with Crippen molar-refractivity contribution in [1.82, 2.24) is 10.3 Å². The van der Waals surface area contributed by atoms with Crippen molar-refractivity contribution in [2.24, 2.45) is 0 Å². The average molecular weight is 246 g/mol. The molecule has 1 amide bonds. The van der Waals surface area contributed by atoms with E-state index in [9.17, 15) is 4.79 Å². The fourth-order valence-electron chi connectivity index (χ4n) is 0.795. The SMILES string of the molecule is CSc1csc(OC(=O)NC(C)(C)C)n1. The molecule has 1 heterocycles. The van der Waals surface area contributed by atoms with Crippen molar-refractivity contribution in [1.29, 1.82) is 0 Å². The van der Waals surface area contributed by atoms with Gasteiger partial charge < -0.3 is 10.1 Å². The number of hydrogen-bond donors (Lipinski definition) is 1. The molecule has 0 unspecified atom stereocenters. The fraction of sp³-hybridized carbons (Fsp3) is 0.556. The second-order valence-corrected chi connectivity index (χ2v) is 5.57. The first-order chi connectivity index (χ1) is 6.90. The van der Waals surface area contributed by atoms with E-state index in [0.29, 0.717) is 5.19 Å². The zero-order chi connectivity index (χ0) is 11.5. The van der Waals surface area contributed by atoms with Gasteiger partial charge >= 0.3 is 6.09 Å². The van der Waals surface area contributed by atoms with Crippen LogP contribution in [0.4, 0.5) is 4.79 Å². The lowest BCUT2D eigenvalue weighted by Gasteiger charge is -2.18. The van der Waals surface area contributed by atoms with Crippen LogP contribution in [0.15, 0.2) is 10.4 Å². The summed E-state index contributed by atoms with van der Waals surface area (Å²) < 4.78 is 5.02. The number of thiazole rings is 1. The minimum absolute atomic E-state index is 0.295. The molecule has 0 atom stereocenters. The first kappa shape index (κ1) is 12.3. The third kappa shape index (κ3) is 4.53. The molecule has 0 aliphatic heterocycles. The van der Waals surface area contributed by atoms with Gasteiger partial charge in [0, 0.05) is 10.9 Å². The van der Waals surface area contributed by atoms with Crippen molar-refractivity contribution < 1.29 is 9.53 Å². The Labute approximate surface area is 97.4 Å². The minimum atomic E-state index is -0.468. The number of thioether (sulfide) groups is 1. The number of nitrogens with zero attached hydrogens (tertiary/aromatic N) is 1. The van der Waals surface area contributed by atoms with Gasteiger partial charge in [0.05, 0.1) is 0 Å². The Hall–Kier alpha value is -0.750. The van der Waals surface area contributed by atoms with Gasteiger partial charge in [-0.25, -0.2) is 4.79 Å². The number of aromatic nitrogens is 1. The lowest BCUT2D eigenvalue weighted by molar-refractivity contribution is 0.190. The van der Waals surface area contributed by atoms with Crippen LogP contribution in [0.2, 0.25) is 0 Å². The quantitative estimate of drug-likeness (QED) is 0.815. The van der Waals surface area contributed by atoms with Gasteiger partial charge in [0.1, 0.15) is 5.03 Å². The Morgan fingerprint density at radius 3 is 2.73 bits per heavy atom. The molecule has 1 aromatic heterocycles. The van der Waals surface area contributed by atoms with Gasteiger partial charge in [-0.1, -0.05) is 11.3 Å². The van der Waals surface area contributed by atoms with Crippen LogP contribution in [0.3, 0.4) is 0 Å². The summed E-state index contributed by atoms with van der Waals surface area (Å²) in [5, 5.41) is 5.78. The van der Waals surface area contributed by atoms with E-state index < -0.39 is 6.09 Å². The van der Waals surface area contributed by atoms with Crippen LogP contribution in [-0.4, -0.2) is 22.9 Å². The zero-order valence-corrected chi connectivity index (χ0v) is 10.8. The van der Waals surface area contributed by atoms with Crippen molar-refractivity contribution >= 4 is 29.2 Å². The molecule has 1 aromatic rings. The molecular weight excluding hydrogens is 232 g/mol. The first-order valence-electron chi connectivity index (χ1n) is 4.40. The van der Waals surface area contributed by atoms with Crippen molar-refractivity contribution in [3.63, 3.8) is 0 Å². The van der Waals surface area contributed by atoms with E-state index in [1.807, 2.05) is 32.4 Å². The van der Waals surface area contributed by atoms with E-state index in [4.69, 9.17) is 4.74 Å². The Morgan fingerprint density at radius 1 is 1.60 bits per heavy atom. The highest BCUT2D eigenvalue weighted by Gasteiger charge is 2.16. The number of hydrogen-bond acceptors (Lipinski definition) is 5. The zero-order valence-electron chi connectivity index (χ0n) is 9.16. The van der Waals surface area contributed by atoms with Crippen molar-refractivity contribution in [2.75, 3.05) is 6.26 Å². The highest BCUT2D eigenvalue weighted by atomic mass is 32.2. The summed E-state index contributed by atoms with van der Waals surface area (Å²) in [7, 11) is 0. The van der Waals surface area contributed by atoms with E-state index in [-0.39, 0.29) is 5.54 Å². The molecule has 0 fully saturated rings. The second kappa shape index (κ2) is 4.85. The van der Waals surface area contributed by atoms with Gasteiger partial charge in [0.25, 0.3) is 5.19 Å². The molecule has 84 valence electrons. The number of carbonyl (C=O) groups excluding carboxylic acids is 1. The van der Waals surface area contributed by atoms with Crippen LogP contribution >= 0.6 is 23.1 Å². The molecular formula is C9H14N2O2S2. The number of amides is 1. The van der Waals surface area contributed by atoms with Gasteiger partial charge in [-0.05, 0) is 27.0 Å². The van der Waals surface area contributed by atoms with Crippen LogP contribution in [0.5, 0.6) is 5.19 Å². The number of ether oxygens (including phenoxy) is 1. The summed E-state index contributed by atoms with van der Waals surface area (Å²) in [6.07, 6.45) is 1.46. The summed E-state index contributed by atoms with van der Waals surface area (Å²) >= 11 is 2.83. The molecule has 0 aliphatic carbocycles. The van der Waals surface area contributed by atoms with E-state index in [1.54, 1.807) is 0 Å². The lowest BCUT2D eigenvalue weighted by Crippen LogP contribution is -2.42. The lowest BCUT2D eigenvalue weighted by atomic mass is 10.1. The van der Waals surface area contributed by atoms with E-state index >= 15 is 0 Å². The minimum Gasteiger partial charge on any atom is -0.381 e. The molecule has 0 aliphatic rings. The van der Waals surface area contributed by atoms with Gasteiger partial charge in [0.2, 0.25) is 0 Å². The molecule has 1 rings (SSSR count). The Morgan fingerprint density at radius 2 is 2.27 bits per heavy atom. The Kier molecular flexibility index (Phi) is 3.98. The van der Waals surface area contributed by atoms with E-state index in [2.05, 4.69) is 10.3 Å². The summed E-state index contributed by atoms with van der Waals surface area (Å²) in [6.45, 7) is 5.68. The molecule has 15 heavy (non-hydrogen) atoms. The average Bonchev–Trinajstić information content (AvgIpc) is 2.48. The second-order valence-electron chi connectivity index (χ2n) is 3.92. The fourth-order valence-corrected chi connectivity index (χ4v) is 2.09. The van der Waals surface area contributed by atoms with Crippen LogP contribution in [-0.2, 0) is 0 Å². The van der Waals surface area contributed by atoms with Crippen molar-refractivity contribution in [3.8, 4) is 5.19 Å². The van der Waals surface area contributed by atoms with Crippen LogP contribution in [0.25, 0.3) is 0 Å². The molecule has 1 N–H and O–H groups in total. The first-order valence-corrected chi connectivity index (χ1v) is 6.50. The standard InChI is InChI=1S/C9H14N2O2S2/c1-9(2,3)11-7(12)13-8-10-6(14-4)5-15-8/h5H,1-4H3,(H,11,12). The monoisotopic (exact) mass is 246 g/mol. The predicted molar refractivity (Wildman–Crippen MR) is 62.8 cm³/mol. The van der Waals surface area contributed by atoms with Crippen LogP contribution in [0.1, 0.15) is 20.8 Å². The maximum atomic E-state index is 11.4. The van der Waals surface area contributed by atoms with Crippen molar-refractivity contribution in [3.05, 3.63) is 5.38 Å². The summed E-state index contributed by atoms with van der Waals surface area (Å²) in [6, 6.07) is 0.